The highest BCUT2D eigenvalue weighted by Gasteiger charge is 2.38. The summed E-state index contributed by atoms with van der Waals surface area (Å²) in [6.07, 6.45) is 2.50. The molecule has 10 heteroatoms. The fraction of sp³-hybridized carbons (Fsp3) is 0.200. The van der Waals surface area contributed by atoms with Gasteiger partial charge in [-0.2, -0.15) is 0 Å². The van der Waals surface area contributed by atoms with Crippen molar-refractivity contribution in [2.75, 3.05) is 29.6 Å². The van der Waals surface area contributed by atoms with E-state index in [0.717, 1.165) is 16.0 Å². The highest BCUT2D eigenvalue weighted by Crippen LogP contribution is 2.41. The van der Waals surface area contributed by atoms with Crippen LogP contribution in [0.5, 0.6) is 0 Å². The van der Waals surface area contributed by atoms with Crippen LogP contribution in [0.4, 0.5) is 21.0 Å². The number of nitrogens with one attached hydrogen (secondary N) is 3. The summed E-state index contributed by atoms with van der Waals surface area (Å²) < 4.78 is 27.1. The average molecular weight is 509 g/mol. The van der Waals surface area contributed by atoms with Gasteiger partial charge < -0.3 is 16.0 Å². The number of benzene rings is 3. The Morgan fingerprint density at radius 3 is 2.46 bits per heavy atom. The van der Waals surface area contributed by atoms with E-state index in [2.05, 4.69) is 16.0 Å². The molecule has 8 nitrogen and oxygen atoms in total. The summed E-state index contributed by atoms with van der Waals surface area (Å²) in [6.45, 7) is 0.422. The number of hydrogen-bond donors (Lipinski definition) is 3. The molecule has 2 heterocycles. The van der Waals surface area contributed by atoms with Crippen LogP contribution in [-0.4, -0.2) is 45.2 Å². The molecule has 0 bridgehead atoms. The second-order valence-corrected chi connectivity index (χ2v) is 11.2. The van der Waals surface area contributed by atoms with Gasteiger partial charge in [-0.25, -0.2) is 18.0 Å². The van der Waals surface area contributed by atoms with Crippen LogP contribution in [0.2, 0.25) is 0 Å². The largest absolute Gasteiger partial charge is 0.335 e. The topological polar surface area (TPSA) is 108 Å². The number of anilines is 2. The van der Waals surface area contributed by atoms with Gasteiger partial charge in [0, 0.05) is 28.4 Å². The van der Waals surface area contributed by atoms with Gasteiger partial charge in [0.25, 0.3) is 0 Å². The molecular weight excluding hydrogens is 484 g/mol. The maximum absolute atomic E-state index is 13.5. The van der Waals surface area contributed by atoms with Gasteiger partial charge in [-0.15, -0.1) is 11.8 Å². The molecule has 3 aromatic rings. The second-order valence-electron chi connectivity index (χ2n) is 8.25. The highest BCUT2D eigenvalue weighted by atomic mass is 32.2. The lowest BCUT2D eigenvalue weighted by Gasteiger charge is -2.21. The Hall–Kier alpha value is -3.50. The number of thioether (sulfide) groups is 1. The van der Waals surface area contributed by atoms with Crippen molar-refractivity contribution in [2.24, 2.45) is 0 Å². The molecule has 4 amide bonds. The van der Waals surface area contributed by atoms with E-state index >= 15 is 0 Å². The van der Waals surface area contributed by atoms with E-state index in [1.165, 1.54) is 0 Å². The van der Waals surface area contributed by atoms with Crippen molar-refractivity contribution in [3.63, 3.8) is 0 Å². The van der Waals surface area contributed by atoms with Gasteiger partial charge in [0.05, 0.1) is 11.4 Å². The summed E-state index contributed by atoms with van der Waals surface area (Å²) in [4.78, 5) is 27.7. The Morgan fingerprint density at radius 2 is 1.80 bits per heavy atom. The molecule has 2 aliphatic rings. The zero-order chi connectivity index (χ0) is 24.6. The number of nitrogens with zero attached hydrogens (tertiary/aromatic N) is 1. The van der Waals surface area contributed by atoms with Crippen LogP contribution in [0.15, 0.2) is 76.5 Å². The molecule has 1 saturated heterocycles. The van der Waals surface area contributed by atoms with Crippen LogP contribution in [-0.2, 0) is 16.3 Å². The van der Waals surface area contributed by atoms with Crippen molar-refractivity contribution in [1.82, 2.24) is 10.6 Å². The lowest BCUT2D eigenvalue weighted by atomic mass is 9.98. The van der Waals surface area contributed by atoms with E-state index < -0.39 is 21.2 Å². The molecule has 0 aliphatic carbocycles. The Morgan fingerprint density at radius 1 is 1.06 bits per heavy atom. The molecule has 1 unspecified atom stereocenters. The third-order valence-electron chi connectivity index (χ3n) is 6.20. The van der Waals surface area contributed by atoms with Crippen LogP contribution in [0.25, 0.3) is 11.1 Å². The molecule has 35 heavy (non-hydrogen) atoms. The SMILES string of the molecule is CSc1ccc(NC(=O)N2CCc3c2ccc(S(=O)(=O)C2CNC(=O)N2)c3-c2ccccc2)cc1. The molecule has 0 spiro atoms. The van der Waals surface area contributed by atoms with Crippen LogP contribution in [0, 0.1) is 0 Å². The van der Waals surface area contributed by atoms with E-state index in [1.807, 2.05) is 60.9 Å². The van der Waals surface area contributed by atoms with Gasteiger partial charge in [0.15, 0.2) is 5.37 Å². The van der Waals surface area contributed by atoms with Crippen LogP contribution in [0.3, 0.4) is 0 Å². The van der Waals surface area contributed by atoms with Crippen molar-refractivity contribution in [2.45, 2.75) is 21.6 Å². The summed E-state index contributed by atoms with van der Waals surface area (Å²) in [6, 6.07) is 19.3. The zero-order valence-electron chi connectivity index (χ0n) is 18.9. The minimum absolute atomic E-state index is 0.00363. The lowest BCUT2D eigenvalue weighted by molar-refractivity contribution is 0.248. The molecule has 0 radical (unpaired) electrons. The number of rotatable bonds is 5. The summed E-state index contributed by atoms with van der Waals surface area (Å²) in [5.41, 5.74) is 3.48. The highest BCUT2D eigenvalue weighted by molar-refractivity contribution is 7.98. The molecular formula is C25H24N4O4S2. The first-order chi connectivity index (χ1) is 16.9. The van der Waals surface area contributed by atoms with Gasteiger partial charge in [-0.05, 0) is 60.2 Å². The first-order valence-electron chi connectivity index (χ1n) is 11.1. The predicted octanol–water partition coefficient (Wildman–Crippen LogP) is 4.08. The minimum Gasteiger partial charge on any atom is -0.335 e. The third-order valence-corrected chi connectivity index (χ3v) is 8.93. The maximum Gasteiger partial charge on any atom is 0.326 e. The Kier molecular flexibility index (Phi) is 6.16. The fourth-order valence-electron chi connectivity index (χ4n) is 4.47. The van der Waals surface area contributed by atoms with Crippen molar-refractivity contribution < 1.29 is 18.0 Å². The first kappa shape index (κ1) is 23.3. The van der Waals surface area contributed by atoms with Crippen LogP contribution in [0.1, 0.15) is 5.56 Å². The summed E-state index contributed by atoms with van der Waals surface area (Å²) in [7, 11) is -3.88. The monoisotopic (exact) mass is 508 g/mol. The average Bonchev–Trinajstić information content (AvgIpc) is 3.51. The van der Waals surface area contributed by atoms with E-state index in [-0.39, 0.29) is 17.5 Å². The van der Waals surface area contributed by atoms with E-state index in [1.54, 1.807) is 28.8 Å². The molecule has 180 valence electrons. The van der Waals surface area contributed by atoms with Gasteiger partial charge in [0.1, 0.15) is 0 Å². The molecule has 0 saturated carbocycles. The minimum atomic E-state index is -3.88. The van der Waals surface area contributed by atoms with Gasteiger partial charge >= 0.3 is 12.1 Å². The molecule has 1 fully saturated rings. The van der Waals surface area contributed by atoms with Crippen LogP contribution < -0.4 is 20.9 Å². The summed E-state index contributed by atoms with van der Waals surface area (Å²) in [5.74, 6) is 0. The molecule has 5 rings (SSSR count). The Balaban J connectivity index is 1.53. The number of fused-ring (bicyclic) bond motifs is 1. The predicted molar refractivity (Wildman–Crippen MR) is 138 cm³/mol. The number of carbonyl (C=O) groups excluding carboxylic acids is 2. The van der Waals surface area contributed by atoms with Gasteiger partial charge in [-0.3, -0.25) is 4.90 Å². The van der Waals surface area contributed by atoms with Crippen molar-refractivity contribution in [3.8, 4) is 11.1 Å². The van der Waals surface area contributed by atoms with E-state index in [0.29, 0.717) is 29.9 Å². The molecule has 3 N–H and O–H groups in total. The summed E-state index contributed by atoms with van der Waals surface area (Å²) >= 11 is 1.63. The normalized spacial score (nSPS) is 17.0. The first-order valence-corrected chi connectivity index (χ1v) is 13.9. The number of amides is 4. The van der Waals surface area contributed by atoms with Crippen molar-refractivity contribution >= 4 is 45.0 Å². The van der Waals surface area contributed by atoms with Crippen molar-refractivity contribution in [3.05, 3.63) is 72.3 Å². The summed E-state index contributed by atoms with van der Waals surface area (Å²) in [5, 5.41) is 6.88. The lowest BCUT2D eigenvalue weighted by Crippen LogP contribution is -2.35. The number of hydrogen-bond acceptors (Lipinski definition) is 5. The van der Waals surface area contributed by atoms with Gasteiger partial charge in [-0.1, -0.05) is 30.3 Å². The molecule has 3 aromatic carbocycles. The molecule has 1 atom stereocenters. The second kappa shape index (κ2) is 9.27. The standard InChI is InChI=1S/C25H24N4O4S2/c1-34-18-9-7-17(8-10-18)27-25(31)29-14-13-19-20(29)11-12-21(23(19)16-5-3-2-4-6-16)35(32,33)22-15-26-24(30)28-22/h2-12,22H,13-15H2,1H3,(H,27,31)(H2,26,28,30). The number of carbonyl (C=O) groups is 2. The molecule has 0 aromatic heterocycles. The Labute approximate surface area is 208 Å². The zero-order valence-corrected chi connectivity index (χ0v) is 20.6. The number of sulfone groups is 1. The third kappa shape index (κ3) is 4.35. The van der Waals surface area contributed by atoms with Crippen LogP contribution >= 0.6 is 11.8 Å². The smallest absolute Gasteiger partial charge is 0.326 e. The maximum atomic E-state index is 13.5. The fourth-order valence-corrected chi connectivity index (χ4v) is 6.54. The van der Waals surface area contributed by atoms with E-state index in [4.69, 9.17) is 0 Å². The molecule has 2 aliphatic heterocycles. The van der Waals surface area contributed by atoms with Gasteiger partial charge in [0.2, 0.25) is 9.84 Å². The Bertz CT molecular complexity index is 1390. The van der Waals surface area contributed by atoms with Crippen molar-refractivity contribution in [1.29, 1.82) is 0 Å². The number of urea groups is 2. The van der Waals surface area contributed by atoms with E-state index in [9.17, 15) is 18.0 Å². The quantitative estimate of drug-likeness (QED) is 0.450.